The zero-order valence-corrected chi connectivity index (χ0v) is 10.6. The van der Waals surface area contributed by atoms with Crippen LogP contribution in [-0.4, -0.2) is 38.8 Å². The summed E-state index contributed by atoms with van der Waals surface area (Å²) in [6.45, 7) is 6.03. The van der Waals surface area contributed by atoms with E-state index >= 15 is 0 Å². The van der Waals surface area contributed by atoms with Crippen LogP contribution >= 0.6 is 0 Å². The van der Waals surface area contributed by atoms with Crippen molar-refractivity contribution in [2.45, 2.75) is 26.8 Å². The van der Waals surface area contributed by atoms with Gasteiger partial charge in [-0.25, -0.2) is 0 Å². The summed E-state index contributed by atoms with van der Waals surface area (Å²) in [4.78, 5) is 13.3. The average Bonchev–Trinajstić information content (AvgIpc) is 2.73. The second kappa shape index (κ2) is 4.14. The Morgan fingerprint density at radius 1 is 1.65 bits per heavy atom. The molecular weight excluding hydrogens is 218 g/mol. The summed E-state index contributed by atoms with van der Waals surface area (Å²) in [5, 5.41) is 13.5. The van der Waals surface area contributed by atoms with E-state index in [1.54, 1.807) is 0 Å². The third-order valence-corrected chi connectivity index (χ3v) is 3.55. The number of hydrogen-bond acceptors (Lipinski definition) is 3. The van der Waals surface area contributed by atoms with Gasteiger partial charge in [-0.15, -0.1) is 0 Å². The minimum atomic E-state index is -0.693. The maximum Gasteiger partial charge on any atom is 0.310 e. The molecule has 1 saturated heterocycles. The van der Waals surface area contributed by atoms with Crippen molar-refractivity contribution < 1.29 is 9.90 Å². The minimum absolute atomic E-state index is 0.590. The zero-order chi connectivity index (χ0) is 12.6. The Labute approximate surface area is 101 Å². The highest BCUT2D eigenvalue weighted by molar-refractivity contribution is 5.74. The van der Waals surface area contributed by atoms with E-state index in [4.69, 9.17) is 0 Å². The van der Waals surface area contributed by atoms with Crippen molar-refractivity contribution in [3.05, 3.63) is 17.5 Å². The van der Waals surface area contributed by atoms with Crippen LogP contribution in [0.15, 0.2) is 6.07 Å². The quantitative estimate of drug-likeness (QED) is 0.853. The van der Waals surface area contributed by atoms with E-state index in [1.165, 1.54) is 0 Å². The highest BCUT2D eigenvalue weighted by atomic mass is 16.4. The fraction of sp³-hybridized carbons (Fsp3) is 0.667. The smallest absolute Gasteiger partial charge is 0.310 e. The number of likely N-dealkylation sites (tertiary alicyclic amines) is 1. The predicted molar refractivity (Wildman–Crippen MR) is 63.6 cm³/mol. The molecule has 1 fully saturated rings. The lowest BCUT2D eigenvalue weighted by Gasteiger charge is -2.19. The van der Waals surface area contributed by atoms with Crippen LogP contribution < -0.4 is 0 Å². The molecule has 5 nitrogen and oxygen atoms in total. The van der Waals surface area contributed by atoms with E-state index in [-0.39, 0.29) is 0 Å². The summed E-state index contributed by atoms with van der Waals surface area (Å²) in [6.07, 6.45) is 0.721. The van der Waals surface area contributed by atoms with Gasteiger partial charge in [-0.2, -0.15) is 5.10 Å². The van der Waals surface area contributed by atoms with Crippen LogP contribution in [0.5, 0.6) is 0 Å². The predicted octanol–water partition coefficient (Wildman–Crippen LogP) is 1.03. The first-order chi connectivity index (χ1) is 7.90. The largest absolute Gasteiger partial charge is 0.481 e. The Hall–Kier alpha value is -1.36. The standard InChI is InChI=1S/C12H19N3O2/c1-9-6-10(14(3)13-9)7-15-5-4-12(2,8-15)11(16)17/h6H,4-5,7-8H2,1-3H3,(H,16,17). The summed E-state index contributed by atoms with van der Waals surface area (Å²) < 4.78 is 1.87. The van der Waals surface area contributed by atoms with Crippen LogP contribution in [0.4, 0.5) is 0 Å². The zero-order valence-electron chi connectivity index (χ0n) is 10.6. The molecule has 94 valence electrons. The molecule has 17 heavy (non-hydrogen) atoms. The molecule has 5 heteroatoms. The molecular formula is C12H19N3O2. The molecule has 0 bridgehead atoms. The first kappa shape index (κ1) is 12.1. The molecule has 1 N–H and O–H groups in total. The molecule has 1 aromatic heterocycles. The molecule has 0 amide bonds. The number of carboxylic acids is 1. The number of carbonyl (C=O) groups is 1. The van der Waals surface area contributed by atoms with E-state index in [2.05, 4.69) is 16.1 Å². The summed E-state index contributed by atoms with van der Waals surface area (Å²) in [5.41, 5.74) is 1.55. The molecule has 0 spiro atoms. The van der Waals surface area contributed by atoms with Gasteiger partial charge in [0.25, 0.3) is 0 Å². The van der Waals surface area contributed by atoms with Gasteiger partial charge in [0, 0.05) is 20.1 Å². The minimum Gasteiger partial charge on any atom is -0.481 e. The molecule has 0 aliphatic carbocycles. The van der Waals surface area contributed by atoms with E-state index in [1.807, 2.05) is 25.6 Å². The van der Waals surface area contributed by atoms with Crippen LogP contribution in [0.2, 0.25) is 0 Å². The van der Waals surface area contributed by atoms with Gasteiger partial charge in [0.1, 0.15) is 0 Å². The number of nitrogens with zero attached hydrogens (tertiary/aromatic N) is 3. The number of aryl methyl sites for hydroxylation is 2. The number of aliphatic carboxylic acids is 1. The summed E-state index contributed by atoms with van der Waals surface area (Å²) in [7, 11) is 1.93. The lowest BCUT2D eigenvalue weighted by molar-refractivity contribution is -0.147. The van der Waals surface area contributed by atoms with Gasteiger partial charge in [-0.1, -0.05) is 0 Å². The molecule has 0 saturated carbocycles. The topological polar surface area (TPSA) is 58.4 Å². The van der Waals surface area contributed by atoms with Gasteiger partial charge < -0.3 is 5.11 Å². The van der Waals surface area contributed by atoms with Crippen molar-refractivity contribution in [1.29, 1.82) is 0 Å². The fourth-order valence-corrected chi connectivity index (χ4v) is 2.41. The second-order valence-electron chi connectivity index (χ2n) is 5.23. The molecule has 2 heterocycles. The maximum atomic E-state index is 11.1. The van der Waals surface area contributed by atoms with Crippen LogP contribution in [0.3, 0.4) is 0 Å². The normalized spacial score (nSPS) is 25.4. The monoisotopic (exact) mass is 237 g/mol. The number of rotatable bonds is 3. The maximum absolute atomic E-state index is 11.1. The van der Waals surface area contributed by atoms with Crippen molar-refractivity contribution in [2.24, 2.45) is 12.5 Å². The van der Waals surface area contributed by atoms with Crippen molar-refractivity contribution in [3.8, 4) is 0 Å². The number of carboxylic acid groups (broad SMARTS) is 1. The Kier molecular flexibility index (Phi) is 2.95. The van der Waals surface area contributed by atoms with Crippen LogP contribution in [0.25, 0.3) is 0 Å². The van der Waals surface area contributed by atoms with E-state index in [0.29, 0.717) is 6.54 Å². The molecule has 0 aromatic carbocycles. The Bertz CT molecular complexity index is 441. The van der Waals surface area contributed by atoms with Crippen LogP contribution in [0, 0.1) is 12.3 Å². The van der Waals surface area contributed by atoms with E-state index in [0.717, 1.165) is 30.9 Å². The van der Waals surface area contributed by atoms with E-state index in [9.17, 15) is 9.90 Å². The number of hydrogen-bond donors (Lipinski definition) is 1. The molecule has 1 aliphatic rings. The summed E-state index contributed by atoms with van der Waals surface area (Å²) in [5.74, 6) is -0.693. The molecule has 0 radical (unpaired) electrons. The van der Waals surface area contributed by atoms with Crippen molar-refractivity contribution >= 4 is 5.97 Å². The van der Waals surface area contributed by atoms with Crippen LogP contribution in [0.1, 0.15) is 24.7 Å². The highest BCUT2D eigenvalue weighted by Crippen LogP contribution is 2.30. The van der Waals surface area contributed by atoms with Crippen molar-refractivity contribution in [3.63, 3.8) is 0 Å². The van der Waals surface area contributed by atoms with Crippen molar-refractivity contribution in [2.75, 3.05) is 13.1 Å². The highest BCUT2D eigenvalue weighted by Gasteiger charge is 2.40. The van der Waals surface area contributed by atoms with Crippen molar-refractivity contribution in [1.82, 2.24) is 14.7 Å². The third kappa shape index (κ3) is 2.34. The molecule has 1 aliphatic heterocycles. The fourth-order valence-electron chi connectivity index (χ4n) is 2.41. The Morgan fingerprint density at radius 2 is 2.35 bits per heavy atom. The SMILES string of the molecule is Cc1cc(CN2CCC(C)(C(=O)O)C2)n(C)n1. The summed E-state index contributed by atoms with van der Waals surface area (Å²) >= 11 is 0. The van der Waals surface area contributed by atoms with E-state index < -0.39 is 11.4 Å². The lowest BCUT2D eigenvalue weighted by Crippen LogP contribution is -2.31. The van der Waals surface area contributed by atoms with Gasteiger partial charge in [0.05, 0.1) is 16.8 Å². The van der Waals surface area contributed by atoms with Crippen LogP contribution in [-0.2, 0) is 18.4 Å². The Morgan fingerprint density at radius 3 is 2.82 bits per heavy atom. The molecule has 1 atom stereocenters. The first-order valence-corrected chi connectivity index (χ1v) is 5.86. The van der Waals surface area contributed by atoms with Gasteiger partial charge >= 0.3 is 5.97 Å². The van der Waals surface area contributed by atoms with Gasteiger partial charge in [0.15, 0.2) is 0 Å². The Balaban J connectivity index is 2.03. The van der Waals surface area contributed by atoms with Gasteiger partial charge in [-0.05, 0) is 32.9 Å². The lowest BCUT2D eigenvalue weighted by atomic mass is 9.90. The first-order valence-electron chi connectivity index (χ1n) is 5.86. The third-order valence-electron chi connectivity index (χ3n) is 3.55. The van der Waals surface area contributed by atoms with Gasteiger partial charge in [-0.3, -0.25) is 14.4 Å². The number of aromatic nitrogens is 2. The average molecular weight is 237 g/mol. The molecule has 2 rings (SSSR count). The molecule has 1 unspecified atom stereocenters. The molecule has 1 aromatic rings. The second-order valence-corrected chi connectivity index (χ2v) is 5.23. The summed E-state index contributed by atoms with van der Waals surface area (Å²) in [6, 6.07) is 2.05. The van der Waals surface area contributed by atoms with Gasteiger partial charge in [0.2, 0.25) is 0 Å².